The molecule has 1 saturated heterocycles. The van der Waals surface area contributed by atoms with Gasteiger partial charge < -0.3 is 14.5 Å². The summed E-state index contributed by atoms with van der Waals surface area (Å²) in [6, 6.07) is 8.44. The number of carbonyl (C=O) groups excluding carboxylic acids is 1. The number of rotatable bonds is 4. The number of amides is 1. The summed E-state index contributed by atoms with van der Waals surface area (Å²) in [6.07, 6.45) is 0. The number of morpholine rings is 1. The van der Waals surface area contributed by atoms with Gasteiger partial charge in [0.1, 0.15) is 0 Å². The Labute approximate surface area is 127 Å². The van der Waals surface area contributed by atoms with Crippen LogP contribution < -0.4 is 0 Å². The minimum absolute atomic E-state index is 0.107. The molecule has 0 radical (unpaired) electrons. The summed E-state index contributed by atoms with van der Waals surface area (Å²) in [5.74, 6) is 0.636. The Balaban J connectivity index is 2.12. The molecule has 1 aromatic rings. The Morgan fingerprint density at radius 2 is 1.71 bits per heavy atom. The number of benzene rings is 1. The van der Waals surface area contributed by atoms with Crippen LogP contribution in [0.15, 0.2) is 24.3 Å². The molecule has 0 bridgehead atoms. The Kier molecular flexibility index (Phi) is 5.37. The van der Waals surface area contributed by atoms with Gasteiger partial charge in [-0.15, -0.1) is 0 Å². The van der Waals surface area contributed by atoms with E-state index in [1.165, 1.54) is 5.56 Å². The quantitative estimate of drug-likeness (QED) is 0.854. The number of ether oxygens (including phenoxy) is 1. The van der Waals surface area contributed by atoms with Crippen LogP contribution in [0.2, 0.25) is 0 Å². The van der Waals surface area contributed by atoms with Crippen LogP contribution in [0.4, 0.5) is 0 Å². The first-order valence-electron chi connectivity index (χ1n) is 7.64. The van der Waals surface area contributed by atoms with Crippen molar-refractivity contribution in [3.05, 3.63) is 35.4 Å². The van der Waals surface area contributed by atoms with Crippen molar-refractivity contribution in [2.75, 3.05) is 40.4 Å². The van der Waals surface area contributed by atoms with E-state index in [1.54, 1.807) is 0 Å². The fraction of sp³-hybridized carbons (Fsp3) is 0.588. The van der Waals surface area contributed by atoms with Gasteiger partial charge in [0.05, 0.1) is 13.2 Å². The van der Waals surface area contributed by atoms with Crippen LogP contribution in [-0.2, 0) is 4.74 Å². The van der Waals surface area contributed by atoms with Gasteiger partial charge in [0.25, 0.3) is 5.91 Å². The van der Waals surface area contributed by atoms with E-state index in [0.717, 1.165) is 5.56 Å². The SMILES string of the molecule is CC(C)[C@H](c1ccc(C(=O)N2CCOCC2)cc1)N(C)C. The summed E-state index contributed by atoms with van der Waals surface area (Å²) < 4.78 is 5.29. The third kappa shape index (κ3) is 3.83. The predicted molar refractivity (Wildman–Crippen MR) is 84.4 cm³/mol. The highest BCUT2D eigenvalue weighted by atomic mass is 16.5. The summed E-state index contributed by atoms with van der Waals surface area (Å²) in [5, 5.41) is 0. The lowest BCUT2D eigenvalue weighted by atomic mass is 9.94. The van der Waals surface area contributed by atoms with Crippen LogP contribution in [0, 0.1) is 5.92 Å². The highest BCUT2D eigenvalue weighted by molar-refractivity contribution is 5.94. The monoisotopic (exact) mass is 290 g/mol. The summed E-state index contributed by atoms with van der Waals surface area (Å²) >= 11 is 0. The molecule has 1 amide bonds. The number of nitrogens with zero attached hydrogens (tertiary/aromatic N) is 2. The first-order valence-corrected chi connectivity index (χ1v) is 7.64. The molecule has 0 aromatic heterocycles. The molecule has 0 saturated carbocycles. The van der Waals surface area contributed by atoms with Gasteiger partial charge in [0.2, 0.25) is 0 Å². The van der Waals surface area contributed by atoms with Gasteiger partial charge in [-0.1, -0.05) is 26.0 Å². The third-order valence-electron chi connectivity index (χ3n) is 3.99. The van der Waals surface area contributed by atoms with Gasteiger partial charge in [0.15, 0.2) is 0 Å². The lowest BCUT2D eigenvalue weighted by Crippen LogP contribution is -2.40. The minimum atomic E-state index is 0.107. The van der Waals surface area contributed by atoms with E-state index in [4.69, 9.17) is 4.74 Å². The van der Waals surface area contributed by atoms with E-state index >= 15 is 0 Å². The van der Waals surface area contributed by atoms with Gasteiger partial charge >= 0.3 is 0 Å². The Bertz CT molecular complexity index is 454. The molecule has 1 heterocycles. The van der Waals surface area contributed by atoms with Crippen molar-refractivity contribution < 1.29 is 9.53 Å². The molecule has 116 valence electrons. The molecular formula is C17H26N2O2. The number of carbonyl (C=O) groups is 1. The van der Waals surface area contributed by atoms with Gasteiger partial charge in [-0.05, 0) is 37.7 Å². The fourth-order valence-corrected chi connectivity index (χ4v) is 3.05. The van der Waals surface area contributed by atoms with Crippen LogP contribution >= 0.6 is 0 Å². The summed E-state index contributed by atoms with van der Waals surface area (Å²) in [4.78, 5) is 16.5. The number of hydrogen-bond donors (Lipinski definition) is 0. The first-order chi connectivity index (χ1) is 10.0. The van der Waals surface area contributed by atoms with Crippen molar-refractivity contribution in [1.82, 2.24) is 9.80 Å². The topological polar surface area (TPSA) is 32.8 Å². The van der Waals surface area contributed by atoms with Crippen molar-refractivity contribution >= 4 is 5.91 Å². The van der Waals surface area contributed by atoms with Crippen molar-refractivity contribution in [3.63, 3.8) is 0 Å². The molecule has 1 aromatic carbocycles. The molecule has 1 aliphatic heterocycles. The maximum absolute atomic E-state index is 12.4. The molecule has 21 heavy (non-hydrogen) atoms. The van der Waals surface area contributed by atoms with Crippen LogP contribution in [0.25, 0.3) is 0 Å². The van der Waals surface area contributed by atoms with Crippen molar-refractivity contribution in [2.24, 2.45) is 5.92 Å². The molecule has 2 rings (SSSR count). The number of hydrogen-bond acceptors (Lipinski definition) is 3. The lowest BCUT2D eigenvalue weighted by molar-refractivity contribution is 0.0303. The maximum atomic E-state index is 12.4. The zero-order chi connectivity index (χ0) is 15.4. The third-order valence-corrected chi connectivity index (χ3v) is 3.99. The molecule has 1 fully saturated rings. The van der Waals surface area contributed by atoms with E-state index < -0.39 is 0 Å². The molecule has 0 spiro atoms. The highest BCUT2D eigenvalue weighted by Gasteiger charge is 2.21. The predicted octanol–water partition coefficient (Wildman–Crippen LogP) is 2.42. The Hall–Kier alpha value is -1.39. The summed E-state index contributed by atoms with van der Waals surface area (Å²) in [5.41, 5.74) is 2.02. The van der Waals surface area contributed by atoms with Gasteiger partial charge in [-0.25, -0.2) is 0 Å². The molecule has 4 nitrogen and oxygen atoms in total. The minimum Gasteiger partial charge on any atom is -0.378 e. The van der Waals surface area contributed by atoms with Gasteiger partial charge in [-0.2, -0.15) is 0 Å². The second-order valence-corrected chi connectivity index (χ2v) is 6.18. The average Bonchev–Trinajstić information content (AvgIpc) is 2.47. The van der Waals surface area contributed by atoms with E-state index in [9.17, 15) is 4.79 Å². The molecule has 0 N–H and O–H groups in total. The van der Waals surface area contributed by atoms with Crippen molar-refractivity contribution in [3.8, 4) is 0 Å². The van der Waals surface area contributed by atoms with Crippen molar-refractivity contribution in [2.45, 2.75) is 19.9 Å². The maximum Gasteiger partial charge on any atom is 0.254 e. The highest BCUT2D eigenvalue weighted by Crippen LogP contribution is 2.26. The lowest BCUT2D eigenvalue weighted by Gasteiger charge is -2.29. The standard InChI is InChI=1S/C17H26N2O2/c1-13(2)16(18(3)4)14-5-7-15(8-6-14)17(20)19-9-11-21-12-10-19/h5-8,13,16H,9-12H2,1-4H3/t16-/m1/s1. The second-order valence-electron chi connectivity index (χ2n) is 6.18. The Morgan fingerprint density at radius 1 is 1.14 bits per heavy atom. The smallest absolute Gasteiger partial charge is 0.254 e. The van der Waals surface area contributed by atoms with Crippen LogP contribution in [-0.4, -0.2) is 56.1 Å². The van der Waals surface area contributed by atoms with E-state index in [-0.39, 0.29) is 5.91 Å². The first kappa shape index (κ1) is 16.0. The second kappa shape index (κ2) is 7.05. The van der Waals surface area contributed by atoms with Crippen LogP contribution in [0.3, 0.4) is 0 Å². The molecule has 1 atom stereocenters. The zero-order valence-electron chi connectivity index (χ0n) is 13.5. The molecule has 1 aliphatic rings. The van der Waals surface area contributed by atoms with E-state index in [2.05, 4.69) is 45.0 Å². The van der Waals surface area contributed by atoms with Crippen LogP contribution in [0.1, 0.15) is 35.8 Å². The van der Waals surface area contributed by atoms with E-state index in [0.29, 0.717) is 38.3 Å². The van der Waals surface area contributed by atoms with Crippen LogP contribution in [0.5, 0.6) is 0 Å². The average molecular weight is 290 g/mol. The van der Waals surface area contributed by atoms with Gasteiger partial charge in [-0.3, -0.25) is 4.79 Å². The molecular weight excluding hydrogens is 264 g/mol. The fourth-order valence-electron chi connectivity index (χ4n) is 3.05. The van der Waals surface area contributed by atoms with Gasteiger partial charge in [0, 0.05) is 24.7 Å². The Morgan fingerprint density at radius 3 is 2.19 bits per heavy atom. The normalized spacial score (nSPS) is 17.3. The molecule has 0 aliphatic carbocycles. The summed E-state index contributed by atoms with van der Waals surface area (Å²) in [7, 11) is 4.19. The molecule has 0 unspecified atom stereocenters. The zero-order valence-corrected chi connectivity index (χ0v) is 13.5. The largest absolute Gasteiger partial charge is 0.378 e. The summed E-state index contributed by atoms with van der Waals surface area (Å²) in [6.45, 7) is 7.09. The molecule has 4 heteroatoms. The van der Waals surface area contributed by atoms with Crippen molar-refractivity contribution in [1.29, 1.82) is 0 Å². The van der Waals surface area contributed by atoms with E-state index in [1.807, 2.05) is 17.0 Å².